The van der Waals surface area contributed by atoms with Crippen LogP contribution in [-0.4, -0.2) is 17.2 Å². The topological polar surface area (TPSA) is 59.7 Å². The number of carbonyl (C=O) groups excluding carboxylic acids is 1. The third kappa shape index (κ3) is 7.96. The minimum Gasteiger partial charge on any atom is -0.508 e. The van der Waals surface area contributed by atoms with Crippen LogP contribution in [0.1, 0.15) is 78.2 Å². The predicted octanol–water partition coefficient (Wildman–Crippen LogP) is 6.84. The maximum absolute atomic E-state index is 11.5. The highest BCUT2D eigenvalue weighted by Crippen LogP contribution is 2.27. The Labute approximate surface area is 175 Å². The third-order valence-corrected chi connectivity index (χ3v) is 5.66. The van der Waals surface area contributed by atoms with Gasteiger partial charge in [-0.2, -0.15) is 0 Å². The molecule has 0 bridgehead atoms. The van der Waals surface area contributed by atoms with E-state index in [4.69, 9.17) is 9.15 Å². The fourth-order valence-electron chi connectivity index (χ4n) is 3.63. The fourth-order valence-corrected chi connectivity index (χ4v) is 3.63. The Morgan fingerprint density at radius 1 is 1.21 bits per heavy atom. The normalized spacial score (nSPS) is 19.0. The van der Waals surface area contributed by atoms with Gasteiger partial charge >= 0.3 is 5.97 Å². The van der Waals surface area contributed by atoms with E-state index in [-0.39, 0.29) is 11.7 Å². The molecular weight excluding hydrogens is 364 g/mol. The molecule has 0 unspecified atom stereocenters. The van der Waals surface area contributed by atoms with Crippen LogP contribution in [0.25, 0.3) is 0 Å². The van der Waals surface area contributed by atoms with E-state index in [1.807, 2.05) is 12.3 Å². The molecule has 0 aliphatic carbocycles. The Bertz CT molecular complexity index is 737. The average molecular weight is 401 g/mol. The largest absolute Gasteiger partial charge is 0.508 e. The second-order valence-corrected chi connectivity index (χ2v) is 8.45. The van der Waals surface area contributed by atoms with Crippen molar-refractivity contribution in [2.45, 2.75) is 85.2 Å². The van der Waals surface area contributed by atoms with E-state index in [1.165, 1.54) is 16.7 Å². The van der Waals surface area contributed by atoms with E-state index in [9.17, 15) is 9.90 Å². The van der Waals surface area contributed by atoms with Gasteiger partial charge in [-0.25, -0.2) is 4.79 Å². The van der Waals surface area contributed by atoms with E-state index in [2.05, 4.69) is 32.9 Å². The van der Waals surface area contributed by atoms with Gasteiger partial charge < -0.3 is 14.3 Å². The van der Waals surface area contributed by atoms with Crippen molar-refractivity contribution in [2.75, 3.05) is 0 Å². The maximum atomic E-state index is 11.5. The smallest absolute Gasteiger partial charge is 0.337 e. The Kier molecular flexibility index (Phi) is 9.30. The first-order valence-corrected chi connectivity index (χ1v) is 10.8. The SMILES string of the molecule is CC(=CCC[C@@H](C)C[C@H]1OC(=O)C(C)=C1O)CCC=C(C)CCCc1ccoc1. The minimum atomic E-state index is -0.454. The number of aliphatic hydroxyl groups is 1. The van der Waals surface area contributed by atoms with Crippen molar-refractivity contribution >= 4 is 5.97 Å². The molecule has 0 fully saturated rings. The zero-order chi connectivity index (χ0) is 21.2. The molecule has 29 heavy (non-hydrogen) atoms. The van der Waals surface area contributed by atoms with Gasteiger partial charge in [0.25, 0.3) is 0 Å². The minimum absolute atomic E-state index is 0.112. The van der Waals surface area contributed by atoms with E-state index in [0.29, 0.717) is 17.9 Å². The highest BCUT2D eigenvalue weighted by Gasteiger charge is 2.32. The van der Waals surface area contributed by atoms with Gasteiger partial charge in [0.15, 0.2) is 6.10 Å². The number of cyclic esters (lactones) is 1. The predicted molar refractivity (Wildman–Crippen MR) is 117 cm³/mol. The molecule has 0 saturated heterocycles. The zero-order valence-corrected chi connectivity index (χ0v) is 18.4. The van der Waals surface area contributed by atoms with Crippen molar-refractivity contribution in [3.63, 3.8) is 0 Å². The van der Waals surface area contributed by atoms with Gasteiger partial charge in [0.1, 0.15) is 5.76 Å². The van der Waals surface area contributed by atoms with Crippen LogP contribution in [0, 0.1) is 5.92 Å². The molecule has 4 nitrogen and oxygen atoms in total. The summed E-state index contributed by atoms with van der Waals surface area (Å²) >= 11 is 0. The van der Waals surface area contributed by atoms with Crippen molar-refractivity contribution < 1.29 is 19.1 Å². The van der Waals surface area contributed by atoms with Crippen molar-refractivity contribution in [2.24, 2.45) is 5.92 Å². The molecule has 0 radical (unpaired) electrons. The summed E-state index contributed by atoms with van der Waals surface area (Å²) in [7, 11) is 0. The Balaban J connectivity index is 1.60. The number of ether oxygens (including phenoxy) is 1. The van der Waals surface area contributed by atoms with Gasteiger partial charge in [0, 0.05) is 0 Å². The quantitative estimate of drug-likeness (QED) is 0.308. The van der Waals surface area contributed by atoms with Crippen molar-refractivity contribution in [3.8, 4) is 0 Å². The number of hydrogen-bond acceptors (Lipinski definition) is 4. The number of furan rings is 1. The van der Waals surface area contributed by atoms with Crippen molar-refractivity contribution in [1.29, 1.82) is 0 Å². The zero-order valence-electron chi connectivity index (χ0n) is 18.4. The summed E-state index contributed by atoms with van der Waals surface area (Å²) in [5.41, 5.74) is 4.51. The van der Waals surface area contributed by atoms with E-state index < -0.39 is 6.10 Å². The van der Waals surface area contributed by atoms with Crippen LogP contribution < -0.4 is 0 Å². The molecular formula is C25H36O4. The molecule has 4 heteroatoms. The molecule has 0 spiro atoms. The van der Waals surface area contributed by atoms with Gasteiger partial charge in [-0.05, 0) is 89.7 Å². The van der Waals surface area contributed by atoms with E-state index >= 15 is 0 Å². The average Bonchev–Trinajstić information content (AvgIpc) is 3.27. The Hall–Kier alpha value is -2.23. The van der Waals surface area contributed by atoms with Crippen LogP contribution in [-0.2, 0) is 16.0 Å². The third-order valence-electron chi connectivity index (χ3n) is 5.66. The molecule has 2 rings (SSSR count). The molecule has 0 aromatic carbocycles. The molecule has 1 aromatic rings. The van der Waals surface area contributed by atoms with Crippen LogP contribution in [0.3, 0.4) is 0 Å². The molecule has 1 aliphatic rings. The van der Waals surface area contributed by atoms with Crippen LogP contribution >= 0.6 is 0 Å². The first kappa shape index (κ1) is 23.1. The Morgan fingerprint density at radius 2 is 1.93 bits per heavy atom. The molecule has 160 valence electrons. The molecule has 1 N–H and O–H groups in total. The lowest BCUT2D eigenvalue weighted by Gasteiger charge is -2.15. The monoisotopic (exact) mass is 400 g/mol. The number of aliphatic hydroxyl groups excluding tert-OH is 1. The van der Waals surface area contributed by atoms with Gasteiger partial charge in [-0.1, -0.05) is 30.2 Å². The summed E-state index contributed by atoms with van der Waals surface area (Å²) in [6.07, 6.45) is 16.1. The van der Waals surface area contributed by atoms with Crippen LogP contribution in [0.15, 0.2) is 57.6 Å². The number of esters is 1. The van der Waals surface area contributed by atoms with E-state index in [0.717, 1.165) is 44.9 Å². The second kappa shape index (κ2) is 11.7. The molecule has 2 heterocycles. The van der Waals surface area contributed by atoms with Crippen LogP contribution in [0.2, 0.25) is 0 Å². The van der Waals surface area contributed by atoms with Crippen LogP contribution in [0.4, 0.5) is 0 Å². The standard InChI is InChI=1S/C25H36O4/c1-18(8-5-9-19(2)11-7-13-22-14-15-28-17-22)10-6-12-20(3)16-23-24(26)21(4)25(27)29-23/h9-10,14-15,17,20,23,26H,5-8,11-13,16H2,1-4H3/t20-,23-/m1/s1. The highest BCUT2D eigenvalue weighted by molar-refractivity contribution is 5.90. The molecule has 2 atom stereocenters. The first-order valence-electron chi connectivity index (χ1n) is 10.8. The summed E-state index contributed by atoms with van der Waals surface area (Å²) in [5.74, 6) is 0.114. The lowest BCUT2D eigenvalue weighted by Crippen LogP contribution is -2.15. The van der Waals surface area contributed by atoms with Crippen molar-refractivity contribution in [3.05, 3.63) is 58.8 Å². The summed E-state index contributed by atoms with van der Waals surface area (Å²) in [4.78, 5) is 11.5. The van der Waals surface area contributed by atoms with Gasteiger partial charge in [-0.15, -0.1) is 0 Å². The summed E-state index contributed by atoms with van der Waals surface area (Å²) in [6.45, 7) is 8.18. The number of rotatable bonds is 12. The first-order chi connectivity index (χ1) is 13.9. The van der Waals surface area contributed by atoms with E-state index in [1.54, 1.807) is 13.2 Å². The molecule has 1 aliphatic heterocycles. The highest BCUT2D eigenvalue weighted by atomic mass is 16.6. The number of carbonyl (C=O) groups is 1. The number of hydrogen-bond donors (Lipinski definition) is 1. The molecule has 0 amide bonds. The number of allylic oxidation sites excluding steroid dienone is 4. The second-order valence-electron chi connectivity index (χ2n) is 8.45. The fraction of sp³-hybridized carbons (Fsp3) is 0.560. The lowest BCUT2D eigenvalue weighted by molar-refractivity contribution is -0.140. The summed E-state index contributed by atoms with van der Waals surface area (Å²) in [5, 5.41) is 9.95. The molecule has 1 aromatic heterocycles. The molecule has 0 saturated carbocycles. The van der Waals surface area contributed by atoms with Gasteiger partial charge in [0.05, 0.1) is 18.1 Å². The lowest BCUT2D eigenvalue weighted by atomic mass is 9.96. The van der Waals surface area contributed by atoms with Gasteiger partial charge in [0.2, 0.25) is 0 Å². The Morgan fingerprint density at radius 3 is 2.59 bits per heavy atom. The van der Waals surface area contributed by atoms with Gasteiger partial charge in [-0.3, -0.25) is 0 Å². The van der Waals surface area contributed by atoms with Crippen LogP contribution in [0.5, 0.6) is 0 Å². The summed E-state index contributed by atoms with van der Waals surface area (Å²) < 4.78 is 10.3. The summed E-state index contributed by atoms with van der Waals surface area (Å²) in [6, 6.07) is 2.04. The maximum Gasteiger partial charge on any atom is 0.337 e. The number of aryl methyl sites for hydroxylation is 1. The van der Waals surface area contributed by atoms with Crippen molar-refractivity contribution in [1.82, 2.24) is 0 Å².